The van der Waals surface area contributed by atoms with E-state index >= 15 is 0 Å². The molecule has 2 saturated heterocycles. The van der Waals surface area contributed by atoms with E-state index in [1.54, 1.807) is 0 Å². The van der Waals surface area contributed by atoms with Crippen molar-refractivity contribution in [1.82, 2.24) is 9.80 Å². The highest BCUT2D eigenvalue weighted by atomic mass is 16.5. The van der Waals surface area contributed by atoms with Crippen molar-refractivity contribution in [2.75, 3.05) is 32.8 Å². The first-order chi connectivity index (χ1) is 12.8. The summed E-state index contributed by atoms with van der Waals surface area (Å²) < 4.78 is 5.88. The fraction of sp³-hybridized carbons (Fsp3) is 0.500. The Morgan fingerprint density at radius 2 is 1.88 bits per heavy atom. The molecule has 136 valence electrons. The van der Waals surface area contributed by atoms with E-state index in [4.69, 9.17) is 4.74 Å². The van der Waals surface area contributed by atoms with Gasteiger partial charge in [0.2, 0.25) is 5.91 Å². The first-order valence-electron chi connectivity index (χ1n) is 9.87. The van der Waals surface area contributed by atoms with Crippen LogP contribution >= 0.6 is 0 Å². The Labute approximate surface area is 154 Å². The van der Waals surface area contributed by atoms with Crippen LogP contribution in [0.2, 0.25) is 0 Å². The lowest BCUT2D eigenvalue weighted by molar-refractivity contribution is -0.139. The molecule has 2 aliphatic heterocycles. The summed E-state index contributed by atoms with van der Waals surface area (Å²) in [7, 11) is 0. The SMILES string of the molecule is O=C(Cc1cccc2ccccc12)N1CCN2[C@@H](COC[C@@H]2C2CC2)C1. The van der Waals surface area contributed by atoms with Crippen LogP contribution in [0.4, 0.5) is 0 Å². The summed E-state index contributed by atoms with van der Waals surface area (Å²) in [4.78, 5) is 17.7. The number of hydrogen-bond acceptors (Lipinski definition) is 3. The zero-order valence-corrected chi connectivity index (χ0v) is 15.1. The molecule has 1 aliphatic carbocycles. The first-order valence-corrected chi connectivity index (χ1v) is 9.87. The van der Waals surface area contributed by atoms with Crippen molar-refractivity contribution in [2.45, 2.75) is 31.3 Å². The Balaban J connectivity index is 1.29. The van der Waals surface area contributed by atoms with Crippen LogP contribution in [0, 0.1) is 5.92 Å². The van der Waals surface area contributed by atoms with Crippen LogP contribution < -0.4 is 0 Å². The molecule has 0 radical (unpaired) electrons. The summed E-state index contributed by atoms with van der Waals surface area (Å²) in [6.07, 6.45) is 3.18. The van der Waals surface area contributed by atoms with Crippen molar-refractivity contribution in [3.05, 3.63) is 48.0 Å². The highest BCUT2D eigenvalue weighted by Gasteiger charge is 2.43. The molecule has 3 aliphatic rings. The van der Waals surface area contributed by atoms with Gasteiger partial charge >= 0.3 is 0 Å². The fourth-order valence-electron chi connectivity index (χ4n) is 4.71. The van der Waals surface area contributed by atoms with E-state index in [0.29, 0.717) is 18.5 Å². The minimum absolute atomic E-state index is 0.245. The van der Waals surface area contributed by atoms with Crippen LogP contribution in [0.25, 0.3) is 10.8 Å². The Bertz CT molecular complexity index is 811. The van der Waals surface area contributed by atoms with Gasteiger partial charge in [0.15, 0.2) is 0 Å². The van der Waals surface area contributed by atoms with Gasteiger partial charge in [-0.25, -0.2) is 0 Å². The molecule has 2 atom stereocenters. The lowest BCUT2D eigenvalue weighted by Gasteiger charge is -2.48. The number of ether oxygens (including phenoxy) is 1. The smallest absolute Gasteiger partial charge is 0.227 e. The molecule has 2 heterocycles. The quantitative estimate of drug-likeness (QED) is 0.853. The number of hydrogen-bond donors (Lipinski definition) is 0. The number of carbonyl (C=O) groups excluding carboxylic acids is 1. The predicted molar refractivity (Wildman–Crippen MR) is 102 cm³/mol. The van der Waals surface area contributed by atoms with E-state index in [2.05, 4.69) is 40.1 Å². The second kappa shape index (κ2) is 6.67. The minimum Gasteiger partial charge on any atom is -0.378 e. The molecule has 0 aromatic heterocycles. The van der Waals surface area contributed by atoms with Gasteiger partial charge in [-0.2, -0.15) is 0 Å². The number of morpholine rings is 1. The molecule has 5 rings (SSSR count). The molecule has 0 bridgehead atoms. The second-order valence-corrected chi connectivity index (χ2v) is 7.99. The molecule has 0 spiro atoms. The van der Waals surface area contributed by atoms with Gasteiger partial charge in [0, 0.05) is 25.7 Å². The largest absolute Gasteiger partial charge is 0.378 e. The molecule has 4 nitrogen and oxygen atoms in total. The van der Waals surface area contributed by atoms with E-state index in [-0.39, 0.29) is 5.91 Å². The van der Waals surface area contributed by atoms with Gasteiger partial charge in [0.05, 0.1) is 25.7 Å². The number of amides is 1. The number of rotatable bonds is 3. The molecule has 1 amide bonds. The van der Waals surface area contributed by atoms with Crippen molar-refractivity contribution < 1.29 is 9.53 Å². The average Bonchev–Trinajstić information content (AvgIpc) is 3.52. The zero-order valence-electron chi connectivity index (χ0n) is 15.1. The summed E-state index contributed by atoms with van der Waals surface area (Å²) in [5.41, 5.74) is 1.13. The average molecular weight is 350 g/mol. The topological polar surface area (TPSA) is 32.8 Å². The third-order valence-electron chi connectivity index (χ3n) is 6.29. The number of piperazine rings is 1. The minimum atomic E-state index is 0.245. The number of fused-ring (bicyclic) bond motifs is 2. The first kappa shape index (κ1) is 16.3. The van der Waals surface area contributed by atoms with Crippen molar-refractivity contribution in [2.24, 2.45) is 5.92 Å². The number of nitrogens with zero attached hydrogens (tertiary/aromatic N) is 2. The van der Waals surface area contributed by atoms with Crippen LogP contribution in [0.3, 0.4) is 0 Å². The van der Waals surface area contributed by atoms with Crippen molar-refractivity contribution in [3.8, 4) is 0 Å². The normalized spacial score (nSPS) is 26.7. The van der Waals surface area contributed by atoms with Crippen molar-refractivity contribution in [1.29, 1.82) is 0 Å². The predicted octanol–water partition coefficient (Wildman–Crippen LogP) is 2.70. The Morgan fingerprint density at radius 3 is 2.77 bits per heavy atom. The highest BCUT2D eigenvalue weighted by Crippen LogP contribution is 2.38. The summed E-state index contributed by atoms with van der Waals surface area (Å²) in [6, 6.07) is 15.5. The molecule has 0 N–H and O–H groups in total. The molecule has 26 heavy (non-hydrogen) atoms. The van der Waals surface area contributed by atoms with E-state index in [1.807, 2.05) is 12.1 Å². The molecule has 1 saturated carbocycles. The third-order valence-corrected chi connectivity index (χ3v) is 6.29. The van der Waals surface area contributed by atoms with Crippen molar-refractivity contribution in [3.63, 3.8) is 0 Å². The fourth-order valence-corrected chi connectivity index (χ4v) is 4.71. The van der Waals surface area contributed by atoms with Gasteiger partial charge < -0.3 is 9.64 Å². The molecule has 2 aromatic rings. The van der Waals surface area contributed by atoms with Gasteiger partial charge in [0.1, 0.15) is 0 Å². The Morgan fingerprint density at radius 1 is 1.04 bits per heavy atom. The van der Waals surface area contributed by atoms with Crippen LogP contribution in [-0.2, 0) is 16.0 Å². The maximum atomic E-state index is 13.0. The summed E-state index contributed by atoms with van der Waals surface area (Å²) in [6.45, 7) is 4.30. The van der Waals surface area contributed by atoms with E-state index in [0.717, 1.165) is 44.3 Å². The van der Waals surface area contributed by atoms with Gasteiger partial charge in [-0.15, -0.1) is 0 Å². The van der Waals surface area contributed by atoms with Crippen LogP contribution in [-0.4, -0.2) is 60.6 Å². The highest BCUT2D eigenvalue weighted by molar-refractivity contribution is 5.90. The van der Waals surface area contributed by atoms with Crippen molar-refractivity contribution >= 4 is 16.7 Å². The molecule has 4 heteroatoms. The lowest BCUT2D eigenvalue weighted by Crippen LogP contribution is -2.63. The second-order valence-electron chi connectivity index (χ2n) is 7.99. The maximum absolute atomic E-state index is 13.0. The van der Waals surface area contributed by atoms with E-state index < -0.39 is 0 Å². The van der Waals surface area contributed by atoms with Gasteiger partial charge in [-0.3, -0.25) is 9.69 Å². The van der Waals surface area contributed by atoms with E-state index in [1.165, 1.54) is 23.6 Å². The Kier molecular flexibility index (Phi) is 4.18. The number of benzene rings is 2. The van der Waals surface area contributed by atoms with Crippen LogP contribution in [0.1, 0.15) is 18.4 Å². The lowest BCUT2D eigenvalue weighted by atomic mass is 10.0. The van der Waals surface area contributed by atoms with Crippen LogP contribution in [0.5, 0.6) is 0 Å². The summed E-state index contributed by atoms with van der Waals surface area (Å²) in [5, 5.41) is 2.40. The van der Waals surface area contributed by atoms with Crippen LogP contribution in [0.15, 0.2) is 42.5 Å². The van der Waals surface area contributed by atoms with E-state index in [9.17, 15) is 4.79 Å². The summed E-state index contributed by atoms with van der Waals surface area (Å²) in [5.74, 6) is 1.07. The maximum Gasteiger partial charge on any atom is 0.227 e. The molecular weight excluding hydrogens is 324 g/mol. The molecule has 0 unspecified atom stereocenters. The monoisotopic (exact) mass is 350 g/mol. The molecule has 3 fully saturated rings. The number of carbonyl (C=O) groups is 1. The van der Waals surface area contributed by atoms with Gasteiger partial charge in [-0.05, 0) is 35.1 Å². The molecule has 2 aromatic carbocycles. The zero-order chi connectivity index (χ0) is 17.5. The van der Waals surface area contributed by atoms with Gasteiger partial charge in [-0.1, -0.05) is 42.5 Å². The molecular formula is C22H26N2O2. The summed E-state index contributed by atoms with van der Waals surface area (Å²) >= 11 is 0. The third kappa shape index (κ3) is 3.01. The standard InChI is InChI=1S/C22H26N2O2/c25-22(12-18-6-3-5-16-4-1-2-7-20(16)18)23-10-11-24-19(13-23)14-26-15-21(24)17-8-9-17/h1-7,17,19,21H,8-15H2/t19-,21-/m1/s1. The van der Waals surface area contributed by atoms with Gasteiger partial charge in [0.25, 0.3) is 0 Å². The Hall–Kier alpha value is -1.91.